The molecular weight excluding hydrogens is 608 g/mol. The van der Waals surface area contributed by atoms with Crippen LogP contribution in [0, 0.1) is 29.4 Å². The summed E-state index contributed by atoms with van der Waals surface area (Å²) in [5.41, 5.74) is 2.74. The van der Waals surface area contributed by atoms with Gasteiger partial charge in [-0.05, 0) is 72.4 Å². The molecule has 0 radical (unpaired) electrons. The SMILES string of the molecule is O=C(O)[C@H]1C2CCC(CC2)[C@H]1Nc1nc(-c2nn(C(c3ccccc3)(c3ccccc3)c3ccccc3)c3ncc(F)cc23)ccc1F. The van der Waals surface area contributed by atoms with Crippen LogP contribution in [0.25, 0.3) is 22.4 Å². The van der Waals surface area contributed by atoms with Crippen molar-refractivity contribution in [3.8, 4) is 11.4 Å². The van der Waals surface area contributed by atoms with E-state index in [0.29, 0.717) is 22.4 Å². The molecule has 3 heterocycles. The number of aliphatic carboxylic acids is 1. The maximum atomic E-state index is 15.5. The van der Waals surface area contributed by atoms with Crippen LogP contribution in [0.3, 0.4) is 0 Å². The summed E-state index contributed by atoms with van der Waals surface area (Å²) in [6, 6.07) is 33.6. The van der Waals surface area contributed by atoms with Gasteiger partial charge in [0.05, 0.1) is 23.2 Å². The molecule has 0 unspecified atom stereocenters. The highest BCUT2D eigenvalue weighted by Crippen LogP contribution is 2.47. The van der Waals surface area contributed by atoms with Crippen LogP contribution in [0.5, 0.6) is 0 Å². The predicted molar refractivity (Wildman–Crippen MR) is 179 cm³/mol. The van der Waals surface area contributed by atoms with Gasteiger partial charge in [-0.2, -0.15) is 5.10 Å². The molecule has 0 saturated heterocycles. The number of fused-ring (bicyclic) bond motifs is 4. The van der Waals surface area contributed by atoms with Crippen molar-refractivity contribution in [2.75, 3.05) is 5.32 Å². The lowest BCUT2D eigenvalue weighted by atomic mass is 9.61. The molecule has 3 aliphatic carbocycles. The van der Waals surface area contributed by atoms with Crippen molar-refractivity contribution in [1.82, 2.24) is 19.7 Å². The van der Waals surface area contributed by atoms with Crippen molar-refractivity contribution in [3.05, 3.63) is 144 Å². The number of hydrogen-bond donors (Lipinski definition) is 2. The number of carboxylic acid groups (broad SMARTS) is 1. The number of aromatic nitrogens is 4. The minimum atomic E-state index is -1.04. The summed E-state index contributed by atoms with van der Waals surface area (Å²) in [4.78, 5) is 21.6. The quantitative estimate of drug-likeness (QED) is 0.164. The molecule has 0 aliphatic heterocycles. The van der Waals surface area contributed by atoms with Crippen molar-refractivity contribution in [1.29, 1.82) is 0 Å². The Morgan fingerprint density at radius 1 is 0.792 bits per heavy atom. The summed E-state index contributed by atoms with van der Waals surface area (Å²) in [6.07, 6.45) is 4.70. The Balaban J connectivity index is 1.34. The highest BCUT2D eigenvalue weighted by molar-refractivity contribution is 5.91. The largest absolute Gasteiger partial charge is 0.481 e. The first-order valence-corrected chi connectivity index (χ1v) is 16.3. The molecule has 0 spiro atoms. The molecule has 3 aromatic carbocycles. The van der Waals surface area contributed by atoms with Crippen LogP contribution >= 0.6 is 0 Å². The summed E-state index contributed by atoms with van der Waals surface area (Å²) in [6.45, 7) is 0. The molecule has 9 heteroatoms. The lowest BCUT2D eigenvalue weighted by molar-refractivity contribution is -0.148. The van der Waals surface area contributed by atoms with Gasteiger partial charge >= 0.3 is 5.97 Å². The third kappa shape index (κ3) is 4.84. The van der Waals surface area contributed by atoms with Crippen LogP contribution in [0.4, 0.5) is 14.6 Å². The van der Waals surface area contributed by atoms with E-state index in [1.54, 1.807) is 0 Å². The second kappa shape index (κ2) is 12.0. The lowest BCUT2D eigenvalue weighted by Crippen LogP contribution is -2.51. The Kier molecular flexibility index (Phi) is 7.47. The highest BCUT2D eigenvalue weighted by atomic mass is 19.1. The normalized spacial score (nSPS) is 20.5. The van der Waals surface area contributed by atoms with E-state index < -0.39 is 35.1 Å². The number of rotatable bonds is 8. The van der Waals surface area contributed by atoms with Gasteiger partial charge in [0.15, 0.2) is 17.3 Å². The van der Waals surface area contributed by atoms with Crippen LogP contribution < -0.4 is 5.32 Å². The van der Waals surface area contributed by atoms with Gasteiger partial charge in [0.25, 0.3) is 0 Å². The summed E-state index contributed by atoms with van der Waals surface area (Å²) >= 11 is 0. The third-order valence-corrected chi connectivity index (χ3v) is 10.3. The van der Waals surface area contributed by atoms with Gasteiger partial charge in [0.2, 0.25) is 0 Å². The van der Waals surface area contributed by atoms with Crippen molar-refractivity contribution in [2.45, 2.75) is 37.3 Å². The first-order valence-electron chi connectivity index (χ1n) is 16.3. The van der Waals surface area contributed by atoms with E-state index in [1.807, 2.05) is 95.7 Å². The van der Waals surface area contributed by atoms with Gasteiger partial charge < -0.3 is 10.4 Å². The van der Waals surface area contributed by atoms with Gasteiger partial charge in [-0.3, -0.25) is 4.79 Å². The number of benzene rings is 3. The van der Waals surface area contributed by atoms with Gasteiger partial charge in [0.1, 0.15) is 17.1 Å². The van der Waals surface area contributed by atoms with E-state index in [-0.39, 0.29) is 17.7 Å². The maximum absolute atomic E-state index is 15.5. The highest BCUT2D eigenvalue weighted by Gasteiger charge is 2.48. The van der Waals surface area contributed by atoms with Gasteiger partial charge in [-0.25, -0.2) is 23.4 Å². The van der Waals surface area contributed by atoms with E-state index >= 15 is 8.78 Å². The average Bonchev–Trinajstić information content (AvgIpc) is 3.50. The molecule has 2 atom stereocenters. The third-order valence-electron chi connectivity index (χ3n) is 10.3. The smallest absolute Gasteiger partial charge is 0.308 e. The number of halogens is 2. The number of carboxylic acids is 1. The zero-order chi connectivity index (χ0) is 32.8. The predicted octanol–water partition coefficient (Wildman–Crippen LogP) is 7.91. The molecule has 9 rings (SSSR count). The summed E-state index contributed by atoms with van der Waals surface area (Å²) in [5, 5.41) is 18.9. The number of nitrogens with zero attached hydrogens (tertiary/aromatic N) is 4. The topological polar surface area (TPSA) is 92.9 Å². The fourth-order valence-electron chi connectivity index (χ4n) is 8.15. The average molecular weight is 642 g/mol. The number of hydrogen-bond acceptors (Lipinski definition) is 5. The Labute approximate surface area is 276 Å². The van der Waals surface area contributed by atoms with Crippen molar-refractivity contribution in [3.63, 3.8) is 0 Å². The Morgan fingerprint density at radius 3 is 1.92 bits per heavy atom. The Morgan fingerprint density at radius 2 is 1.35 bits per heavy atom. The van der Waals surface area contributed by atoms with Crippen LogP contribution in [-0.2, 0) is 10.3 Å². The number of carbonyl (C=O) groups is 1. The Bertz CT molecular complexity index is 2000. The number of anilines is 1. The minimum Gasteiger partial charge on any atom is -0.481 e. The van der Waals surface area contributed by atoms with E-state index in [1.165, 1.54) is 24.4 Å². The second-order valence-electron chi connectivity index (χ2n) is 12.8. The lowest BCUT2D eigenvalue weighted by Gasteiger charge is -2.47. The van der Waals surface area contributed by atoms with Gasteiger partial charge in [-0.1, -0.05) is 91.0 Å². The molecule has 3 aromatic heterocycles. The summed E-state index contributed by atoms with van der Waals surface area (Å²) in [7, 11) is 0. The number of pyridine rings is 2. The molecular formula is C39H33F2N5O2. The first-order chi connectivity index (χ1) is 23.4. The van der Waals surface area contributed by atoms with Gasteiger partial charge in [0, 0.05) is 6.04 Å². The Hall–Kier alpha value is -5.44. The van der Waals surface area contributed by atoms with Crippen LogP contribution in [0.1, 0.15) is 42.4 Å². The molecule has 3 fully saturated rings. The van der Waals surface area contributed by atoms with Crippen molar-refractivity contribution in [2.24, 2.45) is 17.8 Å². The number of nitrogens with one attached hydrogen (secondary N) is 1. The van der Waals surface area contributed by atoms with Crippen molar-refractivity contribution < 1.29 is 18.7 Å². The standard InChI is InChI=1S/C39H33F2N5O2/c40-29-22-30-35(32-21-20-31(41)36(43-32)44-34-25-18-16-24(17-19-25)33(34)38(47)48)45-46(37(30)42-23-29)39(26-10-4-1-5-11-26,27-12-6-2-7-13-27)28-14-8-3-9-15-28/h1-15,20-25,33-34H,16-19H2,(H,43,44)(H,47,48)/t24?,25?,33-,34+/m0/s1. The molecule has 6 aromatic rings. The monoisotopic (exact) mass is 641 g/mol. The molecule has 48 heavy (non-hydrogen) atoms. The molecule has 2 N–H and O–H groups in total. The molecule has 3 aliphatic rings. The first kappa shape index (κ1) is 29.9. The fraction of sp³-hybridized carbons (Fsp3) is 0.231. The van der Waals surface area contributed by atoms with E-state index in [4.69, 9.17) is 10.1 Å². The zero-order valence-electron chi connectivity index (χ0n) is 26.0. The van der Waals surface area contributed by atoms with Crippen LogP contribution in [-0.4, -0.2) is 36.9 Å². The van der Waals surface area contributed by atoms with E-state index in [9.17, 15) is 9.90 Å². The fourth-order valence-corrected chi connectivity index (χ4v) is 8.15. The summed E-state index contributed by atoms with van der Waals surface area (Å²) < 4.78 is 32.3. The zero-order valence-corrected chi connectivity index (χ0v) is 26.0. The van der Waals surface area contributed by atoms with Crippen LogP contribution in [0.15, 0.2) is 115 Å². The van der Waals surface area contributed by atoms with E-state index in [0.717, 1.165) is 42.4 Å². The van der Waals surface area contributed by atoms with Gasteiger partial charge in [-0.15, -0.1) is 0 Å². The summed E-state index contributed by atoms with van der Waals surface area (Å²) in [5.74, 6) is -2.51. The second-order valence-corrected chi connectivity index (χ2v) is 12.8. The van der Waals surface area contributed by atoms with Crippen molar-refractivity contribution >= 4 is 22.8 Å². The maximum Gasteiger partial charge on any atom is 0.308 e. The molecule has 7 nitrogen and oxygen atoms in total. The minimum absolute atomic E-state index is 0.0381. The van der Waals surface area contributed by atoms with Crippen LogP contribution in [0.2, 0.25) is 0 Å². The van der Waals surface area contributed by atoms with E-state index in [2.05, 4.69) is 10.3 Å². The molecule has 3 saturated carbocycles. The molecule has 0 amide bonds. The molecule has 2 bridgehead atoms. The molecule has 240 valence electrons.